The quantitative estimate of drug-likeness (QED) is 0.509. The van der Waals surface area contributed by atoms with Crippen LogP contribution in [0.4, 0.5) is 0 Å². The maximum atomic E-state index is 6.79. The summed E-state index contributed by atoms with van der Waals surface area (Å²) in [5.74, 6) is 0.998. The lowest BCUT2D eigenvalue weighted by Gasteiger charge is -2.51. The van der Waals surface area contributed by atoms with Crippen LogP contribution >= 0.6 is 15.9 Å². The number of nitrogens with zero attached hydrogens (tertiary/aromatic N) is 2. The predicted octanol–water partition coefficient (Wildman–Crippen LogP) is 5.74. The van der Waals surface area contributed by atoms with Crippen molar-refractivity contribution in [2.75, 3.05) is 13.1 Å². The highest BCUT2D eigenvalue weighted by Crippen LogP contribution is 2.49. The molecule has 1 atom stereocenters. The second kappa shape index (κ2) is 8.07. The topological polar surface area (TPSA) is 27.7 Å². The van der Waals surface area contributed by atoms with E-state index in [0.29, 0.717) is 0 Å². The fourth-order valence-corrected chi connectivity index (χ4v) is 5.55. The summed E-state index contributed by atoms with van der Waals surface area (Å²) < 4.78 is 7.87. The average molecular weight is 488 g/mol. The third kappa shape index (κ3) is 3.54. The number of halogens is 1. The van der Waals surface area contributed by atoms with Crippen molar-refractivity contribution in [3.8, 4) is 5.75 Å². The van der Waals surface area contributed by atoms with Crippen LogP contribution in [-0.2, 0) is 6.54 Å². The van der Waals surface area contributed by atoms with Crippen LogP contribution in [0.5, 0.6) is 5.75 Å². The van der Waals surface area contributed by atoms with E-state index in [1.807, 2.05) is 0 Å². The number of piperidine rings is 1. The molecule has 162 valence electrons. The van der Waals surface area contributed by atoms with Crippen LogP contribution in [0.2, 0.25) is 0 Å². The molecule has 4 nitrogen and oxygen atoms in total. The number of likely N-dealkylation sites (tertiary alicyclic amines) is 1. The monoisotopic (exact) mass is 487 g/mol. The van der Waals surface area contributed by atoms with Gasteiger partial charge in [-0.2, -0.15) is 5.01 Å². The Hall–Kier alpha value is -2.60. The molecule has 1 fully saturated rings. The second-order valence-corrected chi connectivity index (χ2v) is 9.78. The highest BCUT2D eigenvalue weighted by molar-refractivity contribution is 9.10. The molecule has 0 aromatic heterocycles. The van der Waals surface area contributed by atoms with Gasteiger partial charge in [0, 0.05) is 42.5 Å². The Kier molecular flexibility index (Phi) is 5.05. The van der Waals surface area contributed by atoms with E-state index in [4.69, 9.17) is 4.74 Å². The summed E-state index contributed by atoms with van der Waals surface area (Å²) in [4.78, 5) is 2.54. The number of fused-ring (bicyclic) bond motifs is 4. The molecule has 3 aromatic carbocycles. The first kappa shape index (κ1) is 20.0. The molecule has 0 saturated carbocycles. The lowest BCUT2D eigenvalue weighted by Crippen LogP contribution is -2.63. The van der Waals surface area contributed by atoms with Crippen molar-refractivity contribution in [1.82, 2.24) is 15.3 Å². The highest BCUT2D eigenvalue weighted by Gasteiger charge is 2.51. The van der Waals surface area contributed by atoms with E-state index in [1.165, 1.54) is 16.7 Å². The summed E-state index contributed by atoms with van der Waals surface area (Å²) in [7, 11) is 0. The largest absolute Gasteiger partial charge is 0.470 e. The molecule has 1 spiro atoms. The van der Waals surface area contributed by atoms with Gasteiger partial charge in [0.25, 0.3) is 0 Å². The van der Waals surface area contributed by atoms with Crippen LogP contribution in [0.25, 0.3) is 5.70 Å². The summed E-state index contributed by atoms with van der Waals surface area (Å²) in [6.07, 6.45) is 4.25. The molecule has 3 heterocycles. The standard InChI is InChI=1S/C27H26BrN3O/c28-22-11-12-26-23(17-22)25-18-24(21-9-5-2-6-10-21)29-31(25)27(32-26)13-15-30(16-14-27)19-20-7-3-1-4-8-20/h1-12,17-18,25,29H,13-16,19H2. The first-order valence-corrected chi connectivity index (χ1v) is 12.1. The Morgan fingerprint density at radius 3 is 2.41 bits per heavy atom. The number of nitrogens with one attached hydrogen (secondary N) is 1. The highest BCUT2D eigenvalue weighted by atomic mass is 79.9. The summed E-state index contributed by atoms with van der Waals surface area (Å²) in [6.45, 7) is 3.00. The molecular formula is C27H26BrN3O. The molecule has 3 aromatic rings. The molecule has 1 N–H and O–H groups in total. The SMILES string of the molecule is Brc1ccc2c(c1)C1C=C(c3ccccc3)NN1C1(CCN(Cc3ccccc3)CC1)O2. The van der Waals surface area contributed by atoms with Gasteiger partial charge in [-0.3, -0.25) is 4.90 Å². The lowest BCUT2D eigenvalue weighted by molar-refractivity contribution is -0.160. The van der Waals surface area contributed by atoms with Gasteiger partial charge in [-0.1, -0.05) is 76.6 Å². The van der Waals surface area contributed by atoms with E-state index in [1.54, 1.807) is 0 Å². The number of ether oxygens (including phenoxy) is 1. The number of rotatable bonds is 3. The number of hydrogen-bond donors (Lipinski definition) is 1. The molecular weight excluding hydrogens is 462 g/mol. The minimum Gasteiger partial charge on any atom is -0.470 e. The van der Waals surface area contributed by atoms with Crippen molar-refractivity contribution in [2.24, 2.45) is 0 Å². The first-order valence-electron chi connectivity index (χ1n) is 11.3. The smallest absolute Gasteiger partial charge is 0.182 e. The maximum Gasteiger partial charge on any atom is 0.182 e. The van der Waals surface area contributed by atoms with E-state index in [2.05, 4.69) is 116 Å². The molecule has 32 heavy (non-hydrogen) atoms. The van der Waals surface area contributed by atoms with Gasteiger partial charge in [-0.25, -0.2) is 0 Å². The fraction of sp³-hybridized carbons (Fsp3) is 0.259. The Labute approximate surface area is 197 Å². The number of benzene rings is 3. The Bertz CT molecular complexity index is 1140. The van der Waals surface area contributed by atoms with Gasteiger partial charge in [-0.05, 0) is 35.4 Å². The molecule has 0 bridgehead atoms. The van der Waals surface area contributed by atoms with Gasteiger partial charge in [0.15, 0.2) is 5.72 Å². The summed E-state index contributed by atoms with van der Waals surface area (Å²) in [5.41, 5.74) is 8.30. The average Bonchev–Trinajstić information content (AvgIpc) is 3.30. The molecule has 0 amide bonds. The summed E-state index contributed by atoms with van der Waals surface area (Å²) in [5, 5.41) is 2.37. The van der Waals surface area contributed by atoms with Crippen molar-refractivity contribution in [2.45, 2.75) is 31.2 Å². The fourth-order valence-electron chi connectivity index (χ4n) is 5.17. The molecule has 1 saturated heterocycles. The van der Waals surface area contributed by atoms with Gasteiger partial charge >= 0.3 is 0 Å². The molecule has 0 radical (unpaired) electrons. The zero-order valence-corrected chi connectivity index (χ0v) is 19.5. The molecule has 3 aliphatic rings. The van der Waals surface area contributed by atoms with Gasteiger partial charge < -0.3 is 10.2 Å². The number of hydrazine groups is 1. The molecule has 3 aliphatic heterocycles. The second-order valence-electron chi connectivity index (χ2n) is 8.87. The van der Waals surface area contributed by atoms with Gasteiger partial charge in [0.1, 0.15) is 5.75 Å². The molecule has 6 rings (SSSR count). The Balaban J connectivity index is 1.30. The van der Waals surface area contributed by atoms with Crippen LogP contribution in [0.3, 0.4) is 0 Å². The molecule has 0 aliphatic carbocycles. The van der Waals surface area contributed by atoms with E-state index in [-0.39, 0.29) is 11.8 Å². The Morgan fingerprint density at radius 1 is 0.938 bits per heavy atom. The minimum atomic E-state index is -0.355. The lowest BCUT2D eigenvalue weighted by atomic mass is 9.92. The van der Waals surface area contributed by atoms with Crippen molar-refractivity contribution in [3.05, 3.63) is 106 Å². The maximum absolute atomic E-state index is 6.79. The van der Waals surface area contributed by atoms with Crippen LogP contribution in [0.15, 0.2) is 89.4 Å². The molecule has 5 heteroatoms. The van der Waals surface area contributed by atoms with Gasteiger partial charge in [0.05, 0.1) is 11.7 Å². The Morgan fingerprint density at radius 2 is 1.66 bits per heavy atom. The van der Waals surface area contributed by atoms with Crippen LogP contribution in [-0.4, -0.2) is 28.7 Å². The normalized spacial score (nSPS) is 21.9. The summed E-state index contributed by atoms with van der Waals surface area (Å²) >= 11 is 3.65. The van der Waals surface area contributed by atoms with E-state index < -0.39 is 0 Å². The zero-order chi connectivity index (χ0) is 21.5. The predicted molar refractivity (Wildman–Crippen MR) is 131 cm³/mol. The summed E-state index contributed by atoms with van der Waals surface area (Å²) in [6, 6.07) is 27.8. The van der Waals surface area contributed by atoms with Crippen LogP contribution in [0.1, 0.15) is 35.6 Å². The van der Waals surface area contributed by atoms with Crippen molar-refractivity contribution in [3.63, 3.8) is 0 Å². The van der Waals surface area contributed by atoms with Gasteiger partial charge in [0.2, 0.25) is 0 Å². The van der Waals surface area contributed by atoms with E-state index in [0.717, 1.165) is 48.4 Å². The minimum absolute atomic E-state index is 0.145. The molecule has 1 unspecified atom stereocenters. The zero-order valence-electron chi connectivity index (χ0n) is 17.9. The van der Waals surface area contributed by atoms with E-state index in [9.17, 15) is 0 Å². The van der Waals surface area contributed by atoms with Crippen LogP contribution in [0, 0.1) is 0 Å². The van der Waals surface area contributed by atoms with E-state index >= 15 is 0 Å². The van der Waals surface area contributed by atoms with Crippen LogP contribution < -0.4 is 10.2 Å². The first-order chi connectivity index (χ1) is 15.7. The third-order valence-electron chi connectivity index (χ3n) is 6.84. The number of hydrogen-bond acceptors (Lipinski definition) is 4. The van der Waals surface area contributed by atoms with Crippen molar-refractivity contribution < 1.29 is 4.74 Å². The van der Waals surface area contributed by atoms with Crippen molar-refractivity contribution in [1.29, 1.82) is 0 Å². The third-order valence-corrected chi connectivity index (χ3v) is 7.34. The van der Waals surface area contributed by atoms with Crippen molar-refractivity contribution >= 4 is 21.6 Å². The van der Waals surface area contributed by atoms with Gasteiger partial charge in [-0.15, -0.1) is 0 Å².